The van der Waals surface area contributed by atoms with Crippen molar-refractivity contribution < 1.29 is 29.3 Å². The molecule has 3 aromatic rings. The summed E-state index contributed by atoms with van der Waals surface area (Å²) in [7, 11) is 0. The predicted molar refractivity (Wildman–Crippen MR) is 180 cm³/mol. The number of nitrogens with one attached hydrogen (secondary N) is 3. The van der Waals surface area contributed by atoms with E-state index in [1.54, 1.807) is 0 Å². The van der Waals surface area contributed by atoms with Gasteiger partial charge in [0.25, 0.3) is 0 Å². The van der Waals surface area contributed by atoms with E-state index in [0.717, 1.165) is 27.8 Å². The Labute approximate surface area is 277 Å². The predicted octanol–water partition coefficient (Wildman–Crippen LogP) is 4.38. The monoisotopic (exact) mass is 644 g/mol. The number of alkyl carbamates (subject to hydrolysis) is 1. The molecule has 4 amide bonds. The van der Waals surface area contributed by atoms with Crippen LogP contribution >= 0.6 is 0 Å². The normalized spacial score (nSPS) is 17.3. The smallest absolute Gasteiger partial charge is 0.407 e. The van der Waals surface area contributed by atoms with E-state index in [0.29, 0.717) is 19.3 Å². The fourth-order valence-electron chi connectivity index (χ4n) is 6.12. The third kappa shape index (κ3) is 10.3. The third-order valence-corrected chi connectivity index (χ3v) is 8.69. The second-order valence-electron chi connectivity index (χ2n) is 12.7. The summed E-state index contributed by atoms with van der Waals surface area (Å²) in [5.41, 5.74) is 4.87. The zero-order valence-corrected chi connectivity index (χ0v) is 27.7. The van der Waals surface area contributed by atoms with Gasteiger partial charge in [-0.05, 0) is 66.8 Å². The van der Waals surface area contributed by atoms with Gasteiger partial charge in [-0.25, -0.2) is 9.59 Å². The van der Waals surface area contributed by atoms with Gasteiger partial charge in [-0.3, -0.25) is 4.79 Å². The lowest BCUT2D eigenvalue weighted by molar-refractivity contribution is -0.128. The Balaban J connectivity index is 1.52. The Morgan fingerprint density at radius 2 is 1.51 bits per heavy atom. The molecule has 5 N–H and O–H groups in total. The summed E-state index contributed by atoms with van der Waals surface area (Å²) < 4.78 is 5.62. The number of aliphatic hydroxyl groups excluding tert-OH is 2. The summed E-state index contributed by atoms with van der Waals surface area (Å²) in [6.07, 6.45) is -1.44. The van der Waals surface area contributed by atoms with Crippen molar-refractivity contribution in [3.63, 3.8) is 0 Å². The van der Waals surface area contributed by atoms with Crippen molar-refractivity contribution in [1.29, 1.82) is 0 Å². The number of hydrogen-bond donors (Lipinski definition) is 5. The minimum Gasteiger partial charge on any atom is -0.445 e. The van der Waals surface area contributed by atoms with Crippen LogP contribution in [-0.4, -0.2) is 70.1 Å². The van der Waals surface area contributed by atoms with Crippen LogP contribution in [0.1, 0.15) is 54.5 Å². The Bertz CT molecular complexity index is 1450. The Hall–Kier alpha value is -4.41. The van der Waals surface area contributed by atoms with Gasteiger partial charge in [-0.1, -0.05) is 92.7 Å². The van der Waals surface area contributed by atoms with Gasteiger partial charge in [-0.2, -0.15) is 0 Å². The zero-order chi connectivity index (χ0) is 33.9. The summed E-state index contributed by atoms with van der Waals surface area (Å²) in [6, 6.07) is 22.6. The highest BCUT2D eigenvalue weighted by atomic mass is 16.5. The van der Waals surface area contributed by atoms with Gasteiger partial charge in [0.15, 0.2) is 0 Å². The average molecular weight is 645 g/mol. The van der Waals surface area contributed by atoms with Gasteiger partial charge < -0.3 is 35.8 Å². The molecule has 10 heteroatoms. The van der Waals surface area contributed by atoms with Crippen LogP contribution in [0, 0.1) is 19.8 Å². The molecule has 10 nitrogen and oxygen atoms in total. The molecular weight excluding hydrogens is 596 g/mol. The minimum atomic E-state index is -1.05. The zero-order valence-electron chi connectivity index (χ0n) is 27.7. The molecule has 0 bridgehead atoms. The van der Waals surface area contributed by atoms with Gasteiger partial charge >= 0.3 is 12.1 Å². The van der Waals surface area contributed by atoms with Crippen molar-refractivity contribution in [2.24, 2.45) is 5.92 Å². The molecule has 0 spiro atoms. The van der Waals surface area contributed by atoms with Crippen LogP contribution in [0.2, 0.25) is 0 Å². The number of carbonyl (C=O) groups is 3. The largest absolute Gasteiger partial charge is 0.445 e. The van der Waals surface area contributed by atoms with Crippen molar-refractivity contribution in [1.82, 2.24) is 20.9 Å². The van der Waals surface area contributed by atoms with Gasteiger partial charge in [0.1, 0.15) is 18.9 Å². The Kier molecular flexibility index (Phi) is 12.8. The molecule has 252 valence electrons. The van der Waals surface area contributed by atoms with Crippen LogP contribution in [-0.2, 0) is 29.0 Å². The van der Waals surface area contributed by atoms with Crippen LogP contribution in [0.15, 0.2) is 78.9 Å². The number of benzene rings is 3. The number of aliphatic hydroxyl groups is 2. The maximum Gasteiger partial charge on any atom is 0.407 e. The lowest BCUT2D eigenvalue weighted by Gasteiger charge is -2.38. The molecule has 0 saturated carbocycles. The van der Waals surface area contributed by atoms with Crippen molar-refractivity contribution in [3.05, 3.63) is 107 Å². The summed E-state index contributed by atoms with van der Waals surface area (Å²) in [5.74, 6) is -0.558. The number of ether oxygens (including phenoxy) is 1. The first-order valence-electron chi connectivity index (χ1n) is 16.3. The van der Waals surface area contributed by atoms with Crippen LogP contribution in [0.4, 0.5) is 9.59 Å². The standard InChI is InChI=1S/C37H48N4O6/c1-24(2)34(41-19-18-33(43)40-36(41)45)35(44)38-29(20-27-14-7-5-8-15-27)22-32(42)31(21-28-16-9-6-10-17-28)39-37(46)47-23-30-25(3)12-11-13-26(30)4/h5-17,24,29,31-34,42-43H,18-23H2,1-4H3,(H,38,44)(H,39,46)(H,40,45)/t29-,31-,32-,33-,34-/m0/s1. The first kappa shape index (κ1) is 35.4. The van der Waals surface area contributed by atoms with E-state index >= 15 is 0 Å². The van der Waals surface area contributed by atoms with Gasteiger partial charge in [-0.15, -0.1) is 0 Å². The highest BCUT2D eigenvalue weighted by Crippen LogP contribution is 2.19. The van der Waals surface area contributed by atoms with E-state index in [2.05, 4.69) is 16.0 Å². The van der Waals surface area contributed by atoms with Gasteiger partial charge in [0.2, 0.25) is 5.91 Å². The van der Waals surface area contributed by atoms with E-state index < -0.39 is 42.6 Å². The number of hydrogen-bond acceptors (Lipinski definition) is 6. The van der Waals surface area contributed by atoms with Crippen LogP contribution in [0.3, 0.4) is 0 Å². The molecule has 1 saturated heterocycles. The number of amides is 4. The third-order valence-electron chi connectivity index (χ3n) is 8.69. The second kappa shape index (κ2) is 16.9. The van der Waals surface area contributed by atoms with Crippen LogP contribution in [0.5, 0.6) is 0 Å². The maximum atomic E-state index is 13.8. The summed E-state index contributed by atoms with van der Waals surface area (Å²) in [6.45, 7) is 8.02. The lowest BCUT2D eigenvalue weighted by Crippen LogP contribution is -2.61. The summed E-state index contributed by atoms with van der Waals surface area (Å²) in [5, 5.41) is 30.1. The molecule has 1 aliphatic rings. The molecule has 1 heterocycles. The van der Waals surface area contributed by atoms with Gasteiger partial charge in [0.05, 0.1) is 12.1 Å². The lowest BCUT2D eigenvalue weighted by atomic mass is 9.93. The first-order valence-corrected chi connectivity index (χ1v) is 16.3. The number of nitrogens with zero attached hydrogens (tertiary/aromatic N) is 1. The Morgan fingerprint density at radius 3 is 2.09 bits per heavy atom. The quantitative estimate of drug-likeness (QED) is 0.177. The molecule has 47 heavy (non-hydrogen) atoms. The highest BCUT2D eigenvalue weighted by molar-refractivity contribution is 5.88. The van der Waals surface area contributed by atoms with E-state index in [1.165, 1.54) is 4.90 Å². The van der Waals surface area contributed by atoms with Crippen LogP contribution in [0.25, 0.3) is 0 Å². The number of carbonyl (C=O) groups excluding carboxylic acids is 3. The molecule has 0 radical (unpaired) electrons. The molecule has 0 unspecified atom stereocenters. The van der Waals surface area contributed by atoms with Gasteiger partial charge in [0, 0.05) is 19.0 Å². The van der Waals surface area contributed by atoms with E-state index in [9.17, 15) is 24.6 Å². The van der Waals surface area contributed by atoms with Crippen LogP contribution < -0.4 is 16.0 Å². The SMILES string of the molecule is Cc1cccc(C)c1COC(=O)N[C@@H](Cc1ccccc1)[C@@H](O)C[C@H](Cc1ccccc1)NC(=O)[C@H](C(C)C)N1CC[C@H](O)NC1=O. The van der Waals surface area contributed by atoms with Crippen molar-refractivity contribution in [2.75, 3.05) is 6.54 Å². The number of rotatable bonds is 14. The fraction of sp³-hybridized carbons (Fsp3) is 0.432. The summed E-state index contributed by atoms with van der Waals surface area (Å²) >= 11 is 0. The van der Waals surface area contributed by atoms with Crippen molar-refractivity contribution in [3.8, 4) is 0 Å². The fourth-order valence-corrected chi connectivity index (χ4v) is 6.12. The molecule has 0 aromatic heterocycles. The van der Waals surface area contributed by atoms with E-state index in [-0.39, 0.29) is 31.4 Å². The second-order valence-corrected chi connectivity index (χ2v) is 12.7. The number of urea groups is 1. The van der Waals surface area contributed by atoms with Crippen molar-refractivity contribution >= 4 is 18.0 Å². The molecule has 5 atom stereocenters. The van der Waals surface area contributed by atoms with Crippen molar-refractivity contribution in [2.45, 2.75) is 90.4 Å². The molecule has 3 aromatic carbocycles. The first-order chi connectivity index (χ1) is 22.5. The number of aryl methyl sites for hydroxylation is 2. The molecule has 4 rings (SSSR count). The molecular formula is C37H48N4O6. The summed E-state index contributed by atoms with van der Waals surface area (Å²) in [4.78, 5) is 41.1. The topological polar surface area (TPSA) is 140 Å². The maximum absolute atomic E-state index is 13.8. The average Bonchev–Trinajstić information content (AvgIpc) is 3.02. The highest BCUT2D eigenvalue weighted by Gasteiger charge is 2.37. The molecule has 1 aliphatic heterocycles. The minimum absolute atomic E-state index is 0.100. The molecule has 1 fully saturated rings. The Morgan fingerprint density at radius 1 is 0.915 bits per heavy atom. The van der Waals surface area contributed by atoms with E-state index in [4.69, 9.17) is 4.74 Å². The molecule has 0 aliphatic carbocycles. The van der Waals surface area contributed by atoms with E-state index in [1.807, 2.05) is 107 Å².